The van der Waals surface area contributed by atoms with Gasteiger partial charge in [-0.15, -0.1) is 0 Å². The van der Waals surface area contributed by atoms with Crippen molar-refractivity contribution in [3.8, 4) is 0 Å². The Hall–Kier alpha value is -2.70. The van der Waals surface area contributed by atoms with Gasteiger partial charge in [0.05, 0.1) is 17.9 Å². The monoisotopic (exact) mass is 371 g/mol. The number of nitrogens with one attached hydrogen (secondary N) is 1. The SMILES string of the molecule is CC(C)CNc1cnn2ccc(N3CCC[C@@H]3c3cc(F)ccc3F)nc12. The highest BCUT2D eigenvalue weighted by atomic mass is 19.1. The van der Waals surface area contributed by atoms with Gasteiger partial charge in [-0.05, 0) is 43.0 Å². The molecule has 1 aliphatic rings. The largest absolute Gasteiger partial charge is 0.380 e. The summed E-state index contributed by atoms with van der Waals surface area (Å²) in [6, 6.07) is 5.31. The molecule has 2 aromatic heterocycles. The van der Waals surface area contributed by atoms with Crippen LogP contribution in [-0.4, -0.2) is 27.7 Å². The Morgan fingerprint density at radius 1 is 1.26 bits per heavy atom. The number of fused-ring (bicyclic) bond motifs is 1. The lowest BCUT2D eigenvalue weighted by atomic mass is 10.0. The van der Waals surface area contributed by atoms with E-state index in [0.29, 0.717) is 11.5 Å². The number of halogens is 2. The molecule has 0 aliphatic carbocycles. The van der Waals surface area contributed by atoms with Crippen molar-refractivity contribution in [2.24, 2.45) is 5.92 Å². The van der Waals surface area contributed by atoms with Gasteiger partial charge in [0.1, 0.15) is 17.5 Å². The van der Waals surface area contributed by atoms with Crippen molar-refractivity contribution >= 4 is 17.2 Å². The number of hydrogen-bond donors (Lipinski definition) is 1. The molecule has 0 saturated carbocycles. The lowest BCUT2D eigenvalue weighted by molar-refractivity contribution is 0.560. The van der Waals surface area contributed by atoms with E-state index in [1.54, 1.807) is 10.7 Å². The molecule has 27 heavy (non-hydrogen) atoms. The van der Waals surface area contributed by atoms with Crippen molar-refractivity contribution < 1.29 is 8.78 Å². The number of hydrogen-bond acceptors (Lipinski definition) is 4. The number of aromatic nitrogens is 3. The summed E-state index contributed by atoms with van der Waals surface area (Å²) in [5.74, 6) is 0.458. The summed E-state index contributed by atoms with van der Waals surface area (Å²) in [5.41, 5.74) is 2.00. The molecule has 7 heteroatoms. The Morgan fingerprint density at radius 3 is 2.93 bits per heavy atom. The third kappa shape index (κ3) is 3.46. The van der Waals surface area contributed by atoms with Crippen molar-refractivity contribution in [3.05, 3.63) is 53.9 Å². The smallest absolute Gasteiger partial charge is 0.180 e. The van der Waals surface area contributed by atoms with Crippen LogP contribution in [-0.2, 0) is 0 Å². The van der Waals surface area contributed by atoms with Crippen LogP contribution in [0.25, 0.3) is 5.65 Å². The molecule has 0 radical (unpaired) electrons. The van der Waals surface area contributed by atoms with Crippen LogP contribution in [0.5, 0.6) is 0 Å². The zero-order valence-electron chi connectivity index (χ0n) is 15.5. The summed E-state index contributed by atoms with van der Waals surface area (Å²) >= 11 is 0. The minimum absolute atomic E-state index is 0.217. The standard InChI is InChI=1S/C20H23F2N5/c1-13(2)11-23-17-12-24-27-9-7-19(25-20(17)27)26-8-3-4-18(26)15-10-14(21)5-6-16(15)22/h5-7,9-10,12-13,18,23H,3-4,8,11H2,1-2H3/t18-/m1/s1. The molecule has 4 rings (SSSR count). The van der Waals surface area contributed by atoms with E-state index >= 15 is 0 Å². The number of anilines is 2. The molecule has 3 aromatic rings. The molecule has 1 atom stereocenters. The first-order valence-electron chi connectivity index (χ1n) is 9.33. The zero-order valence-corrected chi connectivity index (χ0v) is 15.5. The van der Waals surface area contributed by atoms with Gasteiger partial charge < -0.3 is 10.2 Å². The van der Waals surface area contributed by atoms with Crippen molar-refractivity contribution in [3.63, 3.8) is 0 Å². The van der Waals surface area contributed by atoms with Crippen molar-refractivity contribution in [2.45, 2.75) is 32.7 Å². The van der Waals surface area contributed by atoms with Gasteiger partial charge in [-0.25, -0.2) is 18.3 Å². The van der Waals surface area contributed by atoms with Gasteiger partial charge >= 0.3 is 0 Å². The molecular formula is C20H23F2N5. The minimum atomic E-state index is -0.419. The zero-order chi connectivity index (χ0) is 19.0. The average molecular weight is 371 g/mol. The van der Waals surface area contributed by atoms with E-state index in [1.807, 2.05) is 12.3 Å². The van der Waals surface area contributed by atoms with Crippen LogP contribution in [0.1, 0.15) is 38.3 Å². The molecule has 142 valence electrons. The quantitative estimate of drug-likeness (QED) is 0.721. The van der Waals surface area contributed by atoms with E-state index in [9.17, 15) is 8.78 Å². The van der Waals surface area contributed by atoms with Crippen LogP contribution < -0.4 is 10.2 Å². The van der Waals surface area contributed by atoms with Gasteiger partial charge in [0, 0.05) is 24.8 Å². The van der Waals surface area contributed by atoms with Crippen molar-refractivity contribution in [1.29, 1.82) is 0 Å². The fourth-order valence-electron chi connectivity index (χ4n) is 3.59. The van der Waals surface area contributed by atoms with Crippen molar-refractivity contribution in [1.82, 2.24) is 14.6 Å². The molecule has 0 spiro atoms. The van der Waals surface area contributed by atoms with E-state index in [-0.39, 0.29) is 11.9 Å². The van der Waals surface area contributed by atoms with Crippen LogP contribution in [0.3, 0.4) is 0 Å². The number of rotatable bonds is 5. The summed E-state index contributed by atoms with van der Waals surface area (Å²) < 4.78 is 29.7. The fourth-order valence-corrected chi connectivity index (χ4v) is 3.59. The van der Waals surface area contributed by atoms with E-state index in [4.69, 9.17) is 4.98 Å². The molecule has 0 amide bonds. The molecule has 5 nitrogen and oxygen atoms in total. The van der Waals surface area contributed by atoms with E-state index < -0.39 is 5.82 Å². The lowest BCUT2D eigenvalue weighted by Crippen LogP contribution is -2.24. The van der Waals surface area contributed by atoms with E-state index in [1.165, 1.54) is 12.1 Å². The Balaban J connectivity index is 1.68. The maximum absolute atomic E-state index is 14.3. The first-order chi connectivity index (χ1) is 13.0. The summed E-state index contributed by atoms with van der Waals surface area (Å²) in [4.78, 5) is 6.82. The summed E-state index contributed by atoms with van der Waals surface area (Å²) in [6.45, 7) is 5.86. The second kappa shape index (κ2) is 7.13. The van der Waals surface area contributed by atoms with Crippen LogP contribution in [0.2, 0.25) is 0 Å². The van der Waals surface area contributed by atoms with Crippen molar-refractivity contribution in [2.75, 3.05) is 23.3 Å². The number of benzene rings is 1. The van der Waals surface area contributed by atoms with Gasteiger partial charge in [-0.2, -0.15) is 5.10 Å². The van der Waals surface area contributed by atoms with Crippen LogP contribution in [0.4, 0.5) is 20.3 Å². The predicted octanol–water partition coefficient (Wildman–Crippen LogP) is 4.42. The normalized spacial score (nSPS) is 17.2. The molecule has 1 fully saturated rings. The molecule has 1 saturated heterocycles. The molecule has 0 unspecified atom stereocenters. The van der Waals surface area contributed by atoms with Gasteiger partial charge in [-0.1, -0.05) is 13.8 Å². The Kier molecular flexibility index (Phi) is 4.68. The van der Waals surface area contributed by atoms with Gasteiger partial charge in [0.2, 0.25) is 0 Å². The van der Waals surface area contributed by atoms with E-state index in [0.717, 1.165) is 49.1 Å². The van der Waals surface area contributed by atoms with Gasteiger partial charge in [-0.3, -0.25) is 0 Å². The van der Waals surface area contributed by atoms with Gasteiger partial charge in [0.25, 0.3) is 0 Å². The second-order valence-corrected chi connectivity index (χ2v) is 7.40. The molecule has 3 heterocycles. The predicted molar refractivity (Wildman–Crippen MR) is 102 cm³/mol. The third-order valence-corrected chi connectivity index (χ3v) is 4.92. The molecule has 1 aliphatic heterocycles. The lowest BCUT2D eigenvalue weighted by Gasteiger charge is -2.26. The fraction of sp³-hybridized carbons (Fsp3) is 0.400. The van der Waals surface area contributed by atoms with Gasteiger partial charge in [0.15, 0.2) is 5.65 Å². The highest BCUT2D eigenvalue weighted by Gasteiger charge is 2.30. The summed E-state index contributed by atoms with van der Waals surface area (Å²) in [5, 5.41) is 7.70. The second-order valence-electron chi connectivity index (χ2n) is 7.40. The minimum Gasteiger partial charge on any atom is -0.380 e. The summed E-state index contributed by atoms with van der Waals surface area (Å²) in [7, 11) is 0. The highest BCUT2D eigenvalue weighted by Crippen LogP contribution is 2.37. The Labute approximate surface area is 157 Å². The van der Waals surface area contributed by atoms with Crippen LogP contribution in [0, 0.1) is 17.6 Å². The average Bonchev–Trinajstić information content (AvgIpc) is 3.28. The topological polar surface area (TPSA) is 45.5 Å². The molecular weight excluding hydrogens is 348 g/mol. The van der Waals surface area contributed by atoms with Crippen LogP contribution >= 0.6 is 0 Å². The summed E-state index contributed by atoms with van der Waals surface area (Å²) in [6.07, 6.45) is 5.30. The Morgan fingerprint density at radius 2 is 2.11 bits per heavy atom. The molecule has 0 bridgehead atoms. The Bertz CT molecular complexity index is 953. The highest BCUT2D eigenvalue weighted by molar-refractivity contribution is 5.68. The number of nitrogens with zero attached hydrogens (tertiary/aromatic N) is 4. The first-order valence-corrected chi connectivity index (χ1v) is 9.33. The molecule has 1 aromatic carbocycles. The molecule has 1 N–H and O–H groups in total. The maximum atomic E-state index is 14.3. The third-order valence-electron chi connectivity index (χ3n) is 4.92. The van der Waals surface area contributed by atoms with E-state index in [2.05, 4.69) is 29.2 Å². The van der Waals surface area contributed by atoms with Crippen LogP contribution in [0.15, 0.2) is 36.7 Å². The first kappa shape index (κ1) is 17.7. The maximum Gasteiger partial charge on any atom is 0.180 e.